The number of urea groups is 1. The Labute approximate surface area is 123 Å². The molecular weight excluding hydrogens is 248 g/mol. The monoisotopic (exact) mass is 276 g/mol. The van der Waals surface area contributed by atoms with Crippen LogP contribution in [0.5, 0.6) is 0 Å². The Bertz CT molecular complexity index is 407. The lowest BCUT2D eigenvalue weighted by Gasteiger charge is -2.24. The Balaban J connectivity index is 2.64. The van der Waals surface area contributed by atoms with E-state index in [1.807, 2.05) is 18.2 Å². The van der Waals surface area contributed by atoms with Gasteiger partial charge in [-0.2, -0.15) is 0 Å². The summed E-state index contributed by atoms with van der Waals surface area (Å²) >= 11 is 0. The van der Waals surface area contributed by atoms with Crippen LogP contribution in [-0.2, 0) is 0 Å². The molecule has 0 spiro atoms. The second-order valence-electron chi connectivity index (χ2n) is 6.98. The number of rotatable bonds is 5. The maximum atomic E-state index is 12.0. The predicted octanol–water partition coefficient (Wildman–Crippen LogP) is 4.12. The molecule has 0 saturated heterocycles. The number of carbonyl (C=O) groups excluding carboxylic acids is 1. The first-order valence-electron chi connectivity index (χ1n) is 7.37. The molecule has 0 heterocycles. The van der Waals surface area contributed by atoms with Crippen LogP contribution in [0.3, 0.4) is 0 Å². The van der Waals surface area contributed by atoms with E-state index in [4.69, 9.17) is 0 Å². The molecule has 112 valence electrons. The van der Waals surface area contributed by atoms with Crippen molar-refractivity contribution in [1.82, 2.24) is 10.6 Å². The summed E-state index contributed by atoms with van der Waals surface area (Å²) in [5.41, 5.74) is 1.25. The lowest BCUT2D eigenvalue weighted by atomic mass is 9.96. The van der Waals surface area contributed by atoms with E-state index in [0.29, 0.717) is 12.5 Å². The number of benzene rings is 1. The van der Waals surface area contributed by atoms with Gasteiger partial charge in [0.2, 0.25) is 0 Å². The molecule has 1 atom stereocenters. The number of amides is 2. The topological polar surface area (TPSA) is 41.1 Å². The van der Waals surface area contributed by atoms with Gasteiger partial charge in [0, 0.05) is 6.54 Å². The van der Waals surface area contributed by atoms with Crippen molar-refractivity contribution in [2.45, 2.75) is 47.1 Å². The maximum absolute atomic E-state index is 12.0. The summed E-state index contributed by atoms with van der Waals surface area (Å²) in [6, 6.07) is 10.1. The van der Waals surface area contributed by atoms with Gasteiger partial charge in [-0.15, -0.1) is 0 Å². The van der Waals surface area contributed by atoms with Crippen LogP contribution in [0.2, 0.25) is 0 Å². The summed E-state index contributed by atoms with van der Waals surface area (Å²) in [6.07, 6.45) is 0.937. The van der Waals surface area contributed by atoms with Crippen molar-refractivity contribution < 1.29 is 4.79 Å². The van der Waals surface area contributed by atoms with Crippen molar-refractivity contribution in [3.63, 3.8) is 0 Å². The highest BCUT2D eigenvalue weighted by Crippen LogP contribution is 2.21. The van der Waals surface area contributed by atoms with Crippen molar-refractivity contribution in [3.8, 4) is 0 Å². The Kier molecular flexibility index (Phi) is 6.05. The molecule has 0 saturated carbocycles. The summed E-state index contributed by atoms with van der Waals surface area (Å²) in [4.78, 5) is 12.0. The Morgan fingerprint density at radius 3 is 2.25 bits per heavy atom. The minimum Gasteiger partial charge on any atom is -0.338 e. The van der Waals surface area contributed by atoms with Gasteiger partial charge in [0.25, 0.3) is 0 Å². The molecule has 2 amide bonds. The summed E-state index contributed by atoms with van der Waals surface area (Å²) in [6.45, 7) is 11.3. The molecule has 0 bridgehead atoms. The van der Waals surface area contributed by atoms with Crippen molar-refractivity contribution in [1.29, 1.82) is 0 Å². The van der Waals surface area contributed by atoms with E-state index >= 15 is 0 Å². The number of nitrogens with one attached hydrogen (secondary N) is 2. The lowest BCUT2D eigenvalue weighted by molar-refractivity contribution is 0.230. The fourth-order valence-corrected chi connectivity index (χ4v) is 1.99. The van der Waals surface area contributed by atoms with Crippen LogP contribution in [-0.4, -0.2) is 12.6 Å². The zero-order valence-electron chi connectivity index (χ0n) is 13.4. The van der Waals surface area contributed by atoms with E-state index < -0.39 is 0 Å². The van der Waals surface area contributed by atoms with Crippen LogP contribution in [0, 0.1) is 11.3 Å². The predicted molar refractivity (Wildman–Crippen MR) is 84.6 cm³/mol. The largest absolute Gasteiger partial charge is 0.338 e. The second kappa shape index (κ2) is 7.32. The SMILES string of the molecule is CC(C)CC(NC(=O)NCC(C)(C)C)c1ccccc1. The van der Waals surface area contributed by atoms with Gasteiger partial charge in [-0.1, -0.05) is 65.0 Å². The third kappa shape index (κ3) is 6.60. The summed E-state index contributed by atoms with van der Waals surface area (Å²) < 4.78 is 0. The van der Waals surface area contributed by atoms with Crippen molar-refractivity contribution in [2.24, 2.45) is 11.3 Å². The number of hydrogen-bond acceptors (Lipinski definition) is 1. The first-order chi connectivity index (χ1) is 9.28. The average molecular weight is 276 g/mol. The molecule has 1 unspecified atom stereocenters. The minimum atomic E-state index is -0.0885. The van der Waals surface area contributed by atoms with Gasteiger partial charge < -0.3 is 10.6 Å². The van der Waals surface area contributed by atoms with Gasteiger partial charge in [0.15, 0.2) is 0 Å². The van der Waals surface area contributed by atoms with Crippen LogP contribution in [0.1, 0.15) is 52.6 Å². The third-order valence-electron chi connectivity index (χ3n) is 2.99. The molecular formula is C17H28N2O. The van der Waals surface area contributed by atoms with Crippen LogP contribution in [0.4, 0.5) is 4.79 Å². The molecule has 20 heavy (non-hydrogen) atoms. The normalized spacial score (nSPS) is 13.1. The maximum Gasteiger partial charge on any atom is 0.315 e. The van der Waals surface area contributed by atoms with E-state index in [2.05, 4.69) is 57.4 Å². The van der Waals surface area contributed by atoms with Crippen LogP contribution >= 0.6 is 0 Å². The Morgan fingerprint density at radius 1 is 1.15 bits per heavy atom. The van der Waals surface area contributed by atoms with Gasteiger partial charge in [-0.05, 0) is 23.3 Å². The molecule has 1 aromatic rings. The molecule has 1 aromatic carbocycles. The van der Waals surface area contributed by atoms with E-state index in [-0.39, 0.29) is 17.5 Å². The summed E-state index contributed by atoms with van der Waals surface area (Å²) in [7, 11) is 0. The van der Waals surface area contributed by atoms with Gasteiger partial charge in [0.1, 0.15) is 0 Å². The molecule has 3 heteroatoms. The first kappa shape index (κ1) is 16.5. The fraction of sp³-hybridized carbons (Fsp3) is 0.588. The fourth-order valence-electron chi connectivity index (χ4n) is 1.99. The Morgan fingerprint density at radius 2 is 1.75 bits per heavy atom. The number of hydrogen-bond donors (Lipinski definition) is 2. The molecule has 0 aliphatic heterocycles. The van der Waals surface area contributed by atoms with Crippen molar-refractivity contribution >= 4 is 6.03 Å². The lowest BCUT2D eigenvalue weighted by Crippen LogP contribution is -2.41. The van der Waals surface area contributed by atoms with Gasteiger partial charge in [0.05, 0.1) is 6.04 Å². The highest BCUT2D eigenvalue weighted by atomic mass is 16.2. The summed E-state index contributed by atoms with van der Waals surface area (Å²) in [5, 5.41) is 6.03. The van der Waals surface area contributed by atoms with E-state index in [9.17, 15) is 4.79 Å². The molecule has 0 fully saturated rings. The Hall–Kier alpha value is -1.51. The summed E-state index contributed by atoms with van der Waals surface area (Å²) in [5.74, 6) is 0.531. The zero-order valence-corrected chi connectivity index (χ0v) is 13.4. The second-order valence-corrected chi connectivity index (χ2v) is 6.98. The van der Waals surface area contributed by atoms with Crippen LogP contribution in [0.25, 0.3) is 0 Å². The zero-order chi connectivity index (χ0) is 15.2. The first-order valence-corrected chi connectivity index (χ1v) is 7.37. The highest BCUT2D eigenvalue weighted by molar-refractivity contribution is 5.74. The smallest absolute Gasteiger partial charge is 0.315 e. The van der Waals surface area contributed by atoms with Gasteiger partial charge >= 0.3 is 6.03 Å². The van der Waals surface area contributed by atoms with Crippen molar-refractivity contribution in [3.05, 3.63) is 35.9 Å². The molecule has 0 radical (unpaired) electrons. The third-order valence-corrected chi connectivity index (χ3v) is 2.99. The molecule has 3 nitrogen and oxygen atoms in total. The molecule has 2 N–H and O–H groups in total. The van der Waals surface area contributed by atoms with E-state index in [1.54, 1.807) is 0 Å². The quantitative estimate of drug-likeness (QED) is 0.834. The van der Waals surface area contributed by atoms with Crippen LogP contribution in [0.15, 0.2) is 30.3 Å². The molecule has 0 aliphatic rings. The average Bonchev–Trinajstić information content (AvgIpc) is 2.35. The highest BCUT2D eigenvalue weighted by Gasteiger charge is 2.17. The van der Waals surface area contributed by atoms with Gasteiger partial charge in [-0.3, -0.25) is 0 Å². The minimum absolute atomic E-state index is 0.0659. The van der Waals surface area contributed by atoms with Crippen molar-refractivity contribution in [2.75, 3.05) is 6.54 Å². The molecule has 1 rings (SSSR count). The molecule has 0 aromatic heterocycles. The standard InChI is InChI=1S/C17H28N2O/c1-13(2)11-15(14-9-7-6-8-10-14)19-16(20)18-12-17(3,4)5/h6-10,13,15H,11-12H2,1-5H3,(H2,18,19,20). The van der Waals surface area contributed by atoms with E-state index in [1.165, 1.54) is 0 Å². The molecule has 0 aliphatic carbocycles. The number of carbonyl (C=O) groups is 1. The van der Waals surface area contributed by atoms with Gasteiger partial charge in [-0.25, -0.2) is 4.79 Å². The van der Waals surface area contributed by atoms with E-state index in [0.717, 1.165) is 12.0 Å². The van der Waals surface area contributed by atoms with Crippen LogP contribution < -0.4 is 10.6 Å².